The van der Waals surface area contributed by atoms with E-state index in [1.54, 1.807) is 18.2 Å². The molecule has 0 amide bonds. The van der Waals surface area contributed by atoms with Crippen molar-refractivity contribution in [1.29, 1.82) is 0 Å². The van der Waals surface area contributed by atoms with Crippen molar-refractivity contribution in [3.63, 3.8) is 0 Å². The minimum Gasteiger partial charge on any atom is -0.485 e. The molecule has 0 N–H and O–H groups in total. The molecule has 0 aliphatic carbocycles. The van der Waals surface area contributed by atoms with Crippen LogP contribution in [-0.4, -0.2) is 18.7 Å². The largest absolute Gasteiger partial charge is 0.485 e. The van der Waals surface area contributed by atoms with E-state index in [9.17, 15) is 4.79 Å². The van der Waals surface area contributed by atoms with Crippen LogP contribution >= 0.6 is 0 Å². The molecule has 2 aromatic rings. The van der Waals surface area contributed by atoms with E-state index in [1.165, 1.54) is 5.56 Å². The van der Waals surface area contributed by atoms with Gasteiger partial charge in [0.15, 0.2) is 11.5 Å². The lowest BCUT2D eigenvalue weighted by Gasteiger charge is -2.24. The van der Waals surface area contributed by atoms with Crippen LogP contribution < -0.4 is 14.2 Å². The highest BCUT2D eigenvalue weighted by Crippen LogP contribution is 2.31. The lowest BCUT2D eigenvalue weighted by atomic mass is 10.0. The number of hydrogen-bond donors (Lipinski definition) is 0. The summed E-state index contributed by atoms with van der Waals surface area (Å²) < 4.78 is 16.5. The Morgan fingerprint density at radius 2 is 1.77 bits per heavy atom. The van der Waals surface area contributed by atoms with E-state index >= 15 is 0 Å². The fourth-order valence-electron chi connectivity index (χ4n) is 2.24. The maximum Gasteiger partial charge on any atom is 0.356 e. The Hall–Kier alpha value is -2.49. The van der Waals surface area contributed by atoms with Crippen LogP contribution in [0.2, 0.25) is 0 Å². The van der Waals surface area contributed by atoms with Crippen molar-refractivity contribution < 1.29 is 19.0 Å². The fourth-order valence-corrected chi connectivity index (χ4v) is 2.24. The molecule has 1 aliphatic rings. The van der Waals surface area contributed by atoms with Crippen LogP contribution in [0.15, 0.2) is 48.5 Å². The topological polar surface area (TPSA) is 44.8 Å². The Kier molecular flexibility index (Phi) is 4.00. The molecule has 1 atom stereocenters. The highest BCUT2D eigenvalue weighted by atomic mass is 16.6. The van der Waals surface area contributed by atoms with Gasteiger partial charge in [0.05, 0.1) is 0 Å². The molecular formula is C18H18O4. The first-order valence-corrected chi connectivity index (χ1v) is 7.33. The smallest absolute Gasteiger partial charge is 0.356 e. The summed E-state index contributed by atoms with van der Waals surface area (Å²) in [5.41, 5.74) is 1.20. The van der Waals surface area contributed by atoms with E-state index in [-0.39, 0.29) is 6.61 Å². The number of para-hydroxylation sites is 2. The summed E-state index contributed by atoms with van der Waals surface area (Å²) in [6.45, 7) is 4.39. The predicted molar refractivity (Wildman–Crippen MR) is 82.5 cm³/mol. The van der Waals surface area contributed by atoms with Gasteiger partial charge in [0.25, 0.3) is 0 Å². The Balaban J connectivity index is 1.65. The molecule has 0 aromatic heterocycles. The third kappa shape index (κ3) is 3.06. The van der Waals surface area contributed by atoms with Crippen molar-refractivity contribution in [1.82, 2.24) is 0 Å². The molecule has 4 heteroatoms. The molecule has 22 heavy (non-hydrogen) atoms. The Morgan fingerprint density at radius 1 is 1.09 bits per heavy atom. The number of rotatable bonds is 3. The molecule has 0 saturated carbocycles. The van der Waals surface area contributed by atoms with Crippen molar-refractivity contribution in [3.8, 4) is 17.2 Å². The van der Waals surface area contributed by atoms with Crippen molar-refractivity contribution in [2.75, 3.05) is 6.61 Å². The molecule has 0 bridgehead atoms. The molecule has 1 aliphatic heterocycles. The first kappa shape index (κ1) is 14.4. The Morgan fingerprint density at radius 3 is 2.45 bits per heavy atom. The summed E-state index contributed by atoms with van der Waals surface area (Å²) in [6.07, 6.45) is -0.750. The van der Waals surface area contributed by atoms with Gasteiger partial charge in [0.2, 0.25) is 6.10 Å². The van der Waals surface area contributed by atoms with Gasteiger partial charge in [0.1, 0.15) is 12.4 Å². The fraction of sp³-hybridized carbons (Fsp3) is 0.278. The summed E-state index contributed by atoms with van der Waals surface area (Å²) in [6, 6.07) is 14.8. The van der Waals surface area contributed by atoms with Crippen LogP contribution in [0.1, 0.15) is 25.3 Å². The number of carbonyl (C=O) groups is 1. The van der Waals surface area contributed by atoms with Crippen molar-refractivity contribution in [2.45, 2.75) is 25.9 Å². The molecule has 0 saturated heterocycles. The molecule has 0 spiro atoms. The van der Waals surface area contributed by atoms with Gasteiger partial charge in [-0.3, -0.25) is 0 Å². The van der Waals surface area contributed by atoms with Crippen molar-refractivity contribution >= 4 is 5.97 Å². The van der Waals surface area contributed by atoms with E-state index in [0.29, 0.717) is 23.2 Å². The molecule has 1 heterocycles. The minimum absolute atomic E-state index is 0.153. The number of ether oxygens (including phenoxy) is 3. The SMILES string of the molecule is CC(C)c1ccc(OC(=O)[C@H]2COc3ccccc3O2)cc1. The Labute approximate surface area is 129 Å². The molecular weight excluding hydrogens is 280 g/mol. The number of carbonyl (C=O) groups excluding carboxylic acids is 1. The molecule has 0 unspecified atom stereocenters. The molecule has 0 fully saturated rings. The van der Waals surface area contributed by atoms with Gasteiger partial charge in [0, 0.05) is 0 Å². The molecule has 3 rings (SSSR count). The predicted octanol–water partition coefficient (Wildman–Crippen LogP) is 3.56. The lowest BCUT2D eigenvalue weighted by molar-refractivity contribution is -0.144. The highest BCUT2D eigenvalue weighted by Gasteiger charge is 2.29. The van der Waals surface area contributed by atoms with E-state index in [4.69, 9.17) is 14.2 Å². The maximum atomic E-state index is 12.2. The van der Waals surface area contributed by atoms with Crippen LogP contribution in [0.3, 0.4) is 0 Å². The van der Waals surface area contributed by atoms with Gasteiger partial charge in [-0.25, -0.2) is 4.79 Å². The third-order valence-electron chi connectivity index (χ3n) is 3.54. The number of fused-ring (bicyclic) bond motifs is 1. The normalized spacial score (nSPS) is 16.4. The molecule has 0 radical (unpaired) electrons. The van der Waals surface area contributed by atoms with Gasteiger partial charge in [-0.2, -0.15) is 0 Å². The van der Waals surface area contributed by atoms with Crippen molar-refractivity contribution in [3.05, 3.63) is 54.1 Å². The second kappa shape index (κ2) is 6.10. The van der Waals surface area contributed by atoms with Crippen LogP contribution in [-0.2, 0) is 4.79 Å². The first-order valence-electron chi connectivity index (χ1n) is 7.33. The summed E-state index contributed by atoms with van der Waals surface area (Å²) in [5, 5.41) is 0. The zero-order valence-corrected chi connectivity index (χ0v) is 12.6. The summed E-state index contributed by atoms with van der Waals surface area (Å²) in [5.74, 6) is 1.71. The van der Waals surface area contributed by atoms with Crippen LogP contribution in [0.5, 0.6) is 17.2 Å². The van der Waals surface area contributed by atoms with E-state index in [1.807, 2.05) is 30.3 Å². The zero-order chi connectivity index (χ0) is 15.5. The van der Waals surface area contributed by atoms with Gasteiger partial charge in [-0.05, 0) is 35.7 Å². The van der Waals surface area contributed by atoms with Crippen LogP contribution in [0.4, 0.5) is 0 Å². The van der Waals surface area contributed by atoms with Gasteiger partial charge in [-0.15, -0.1) is 0 Å². The number of benzene rings is 2. The molecule has 2 aromatic carbocycles. The number of hydrogen-bond acceptors (Lipinski definition) is 4. The van der Waals surface area contributed by atoms with Crippen LogP contribution in [0, 0.1) is 0 Å². The van der Waals surface area contributed by atoms with Gasteiger partial charge in [-0.1, -0.05) is 38.1 Å². The minimum atomic E-state index is -0.750. The van der Waals surface area contributed by atoms with Crippen LogP contribution in [0.25, 0.3) is 0 Å². The van der Waals surface area contributed by atoms with Gasteiger partial charge < -0.3 is 14.2 Å². The quantitative estimate of drug-likeness (QED) is 0.642. The van der Waals surface area contributed by atoms with Crippen molar-refractivity contribution in [2.24, 2.45) is 0 Å². The first-order chi connectivity index (χ1) is 10.6. The standard InChI is InChI=1S/C18H18O4/c1-12(2)13-7-9-14(10-8-13)21-18(19)17-11-20-15-5-3-4-6-16(15)22-17/h3-10,12,17H,11H2,1-2H3/t17-/m1/s1. The summed E-state index contributed by atoms with van der Waals surface area (Å²) in [7, 11) is 0. The number of esters is 1. The van der Waals surface area contributed by atoms with E-state index in [0.717, 1.165) is 0 Å². The zero-order valence-electron chi connectivity index (χ0n) is 12.6. The Bertz CT molecular complexity index is 661. The third-order valence-corrected chi connectivity index (χ3v) is 3.54. The van der Waals surface area contributed by atoms with E-state index < -0.39 is 12.1 Å². The summed E-state index contributed by atoms with van der Waals surface area (Å²) in [4.78, 5) is 12.2. The van der Waals surface area contributed by atoms with E-state index in [2.05, 4.69) is 13.8 Å². The van der Waals surface area contributed by atoms with Gasteiger partial charge >= 0.3 is 5.97 Å². The maximum absolute atomic E-state index is 12.2. The highest BCUT2D eigenvalue weighted by molar-refractivity contribution is 5.78. The average Bonchev–Trinajstić information content (AvgIpc) is 2.55. The summed E-state index contributed by atoms with van der Waals surface area (Å²) >= 11 is 0. The molecule has 4 nitrogen and oxygen atoms in total. The second-order valence-corrected chi connectivity index (χ2v) is 5.51. The average molecular weight is 298 g/mol. The molecule has 114 valence electrons. The second-order valence-electron chi connectivity index (χ2n) is 5.51. The monoisotopic (exact) mass is 298 g/mol. The lowest BCUT2D eigenvalue weighted by Crippen LogP contribution is -2.39.